The van der Waals surface area contributed by atoms with Crippen LogP contribution in [-0.4, -0.2) is 41.8 Å². The molecular weight excluding hydrogens is 506 g/mol. The van der Waals surface area contributed by atoms with Crippen LogP contribution in [0, 0.1) is 0 Å². The molecule has 0 aliphatic carbocycles. The maximum absolute atomic E-state index is 12.5. The summed E-state index contributed by atoms with van der Waals surface area (Å²) in [6, 6.07) is 14.8. The highest BCUT2D eigenvalue weighted by atomic mass is 79.9. The van der Waals surface area contributed by atoms with Gasteiger partial charge in [-0.25, -0.2) is 14.3 Å². The van der Waals surface area contributed by atoms with Crippen LogP contribution in [0.4, 0.5) is 5.69 Å². The molecule has 3 aromatic rings. The maximum atomic E-state index is 12.5. The summed E-state index contributed by atoms with van der Waals surface area (Å²) in [4.78, 5) is 48.6. The van der Waals surface area contributed by atoms with E-state index in [2.05, 4.69) is 31.1 Å². The smallest absolute Gasteiger partial charge is 0.339 e. The van der Waals surface area contributed by atoms with Gasteiger partial charge in [0.05, 0.1) is 36.7 Å². The molecular formula is C24H22BrN3O6. The molecule has 0 atom stereocenters. The number of halogens is 1. The first-order valence-corrected chi connectivity index (χ1v) is 11.1. The number of esters is 2. The minimum absolute atomic E-state index is 0.0553. The number of nitrogens with one attached hydrogen (secondary N) is 1. The van der Waals surface area contributed by atoms with Crippen molar-refractivity contribution in [2.75, 3.05) is 19.5 Å². The molecule has 176 valence electrons. The fraction of sp³-hybridized carbons (Fsp3) is 0.208. The lowest BCUT2D eigenvalue weighted by atomic mass is 10.1. The monoisotopic (exact) mass is 527 g/mol. The Morgan fingerprint density at radius 1 is 0.971 bits per heavy atom. The Hall–Kier alpha value is -3.79. The van der Waals surface area contributed by atoms with Crippen molar-refractivity contribution in [3.63, 3.8) is 0 Å². The molecule has 0 unspecified atom stereocenters. The molecule has 0 aliphatic heterocycles. The number of nitrogens with zero attached hydrogens (tertiary/aromatic N) is 2. The Balaban J connectivity index is 1.68. The number of rotatable bonds is 8. The number of methoxy groups -OCH3 is 2. The SMILES string of the molecule is COC(=O)c1ccc(C(=O)OC)c(NC(=O)CCCn2nc(-c3ccc(Br)cc3)ccc2=O)c1. The van der Waals surface area contributed by atoms with Crippen LogP contribution in [0.3, 0.4) is 0 Å². The van der Waals surface area contributed by atoms with Gasteiger partial charge >= 0.3 is 11.9 Å². The summed E-state index contributed by atoms with van der Waals surface area (Å²) >= 11 is 3.38. The fourth-order valence-corrected chi connectivity index (χ4v) is 3.43. The Bertz CT molecular complexity index is 1270. The van der Waals surface area contributed by atoms with E-state index in [0.29, 0.717) is 12.1 Å². The normalized spacial score (nSPS) is 10.4. The van der Waals surface area contributed by atoms with Gasteiger partial charge in [0.25, 0.3) is 5.56 Å². The molecule has 1 N–H and O–H groups in total. The van der Waals surface area contributed by atoms with Gasteiger partial charge in [-0.05, 0) is 42.8 Å². The summed E-state index contributed by atoms with van der Waals surface area (Å²) in [5, 5.41) is 7.02. The minimum Gasteiger partial charge on any atom is -0.465 e. The lowest BCUT2D eigenvalue weighted by Crippen LogP contribution is -2.23. The van der Waals surface area contributed by atoms with E-state index >= 15 is 0 Å². The van der Waals surface area contributed by atoms with Crippen molar-refractivity contribution < 1.29 is 23.9 Å². The highest BCUT2D eigenvalue weighted by Crippen LogP contribution is 2.21. The van der Waals surface area contributed by atoms with Gasteiger partial charge in [0.15, 0.2) is 0 Å². The molecule has 3 rings (SSSR count). The molecule has 0 bridgehead atoms. The second kappa shape index (κ2) is 11.4. The Morgan fingerprint density at radius 3 is 2.35 bits per heavy atom. The van der Waals surface area contributed by atoms with Crippen LogP contribution >= 0.6 is 15.9 Å². The average molecular weight is 528 g/mol. The number of benzene rings is 2. The molecule has 0 radical (unpaired) electrons. The van der Waals surface area contributed by atoms with E-state index in [-0.39, 0.29) is 35.3 Å². The quantitative estimate of drug-likeness (QED) is 0.444. The van der Waals surface area contributed by atoms with Crippen molar-refractivity contribution in [3.05, 3.63) is 80.6 Å². The number of aromatic nitrogens is 2. The van der Waals surface area contributed by atoms with Crippen molar-refractivity contribution in [2.45, 2.75) is 19.4 Å². The van der Waals surface area contributed by atoms with E-state index in [0.717, 1.165) is 10.0 Å². The lowest BCUT2D eigenvalue weighted by Gasteiger charge is -2.12. The molecule has 0 saturated carbocycles. The number of carbonyl (C=O) groups is 3. The van der Waals surface area contributed by atoms with Crippen LogP contribution in [-0.2, 0) is 20.8 Å². The van der Waals surface area contributed by atoms with Gasteiger partial charge in [-0.15, -0.1) is 0 Å². The summed E-state index contributed by atoms with van der Waals surface area (Å²) in [7, 11) is 2.45. The summed E-state index contributed by atoms with van der Waals surface area (Å²) in [6.07, 6.45) is 0.381. The molecule has 1 aromatic heterocycles. The highest BCUT2D eigenvalue weighted by Gasteiger charge is 2.17. The Kier molecular flexibility index (Phi) is 8.31. The van der Waals surface area contributed by atoms with E-state index in [4.69, 9.17) is 4.74 Å². The van der Waals surface area contributed by atoms with Crippen LogP contribution < -0.4 is 10.9 Å². The molecule has 0 spiro atoms. The second-order valence-electron chi connectivity index (χ2n) is 7.18. The van der Waals surface area contributed by atoms with E-state index in [1.54, 1.807) is 6.07 Å². The summed E-state index contributed by atoms with van der Waals surface area (Å²) in [5.74, 6) is -1.67. The number of carbonyl (C=O) groups excluding carboxylic acids is 3. The van der Waals surface area contributed by atoms with Crippen molar-refractivity contribution in [1.29, 1.82) is 0 Å². The van der Waals surface area contributed by atoms with Gasteiger partial charge < -0.3 is 14.8 Å². The number of hydrogen-bond acceptors (Lipinski definition) is 7. The zero-order chi connectivity index (χ0) is 24.7. The molecule has 0 fully saturated rings. The van der Waals surface area contributed by atoms with Gasteiger partial charge in [-0.3, -0.25) is 9.59 Å². The first-order valence-electron chi connectivity index (χ1n) is 10.3. The zero-order valence-corrected chi connectivity index (χ0v) is 20.1. The van der Waals surface area contributed by atoms with Crippen LogP contribution in [0.15, 0.2) is 63.9 Å². The maximum Gasteiger partial charge on any atom is 0.339 e. The van der Waals surface area contributed by atoms with Crippen molar-refractivity contribution in [2.24, 2.45) is 0 Å². The molecule has 34 heavy (non-hydrogen) atoms. The van der Waals surface area contributed by atoms with E-state index in [9.17, 15) is 19.2 Å². The standard InChI is InChI=1S/C24H22BrN3O6/c1-33-23(31)16-7-10-18(24(32)34-2)20(14-16)26-21(29)4-3-13-28-22(30)12-11-19(27-28)15-5-8-17(25)9-6-15/h5-12,14H,3-4,13H2,1-2H3,(H,26,29). The average Bonchev–Trinajstić information content (AvgIpc) is 2.84. The summed E-state index contributed by atoms with van der Waals surface area (Å²) < 4.78 is 11.7. The Labute approximate surface area is 203 Å². The number of aryl methyl sites for hydroxylation is 1. The topological polar surface area (TPSA) is 117 Å². The predicted molar refractivity (Wildman–Crippen MR) is 129 cm³/mol. The third-order valence-electron chi connectivity index (χ3n) is 4.90. The number of hydrogen-bond donors (Lipinski definition) is 1. The molecule has 0 saturated heterocycles. The van der Waals surface area contributed by atoms with Crippen molar-refractivity contribution in [1.82, 2.24) is 9.78 Å². The molecule has 1 heterocycles. The summed E-state index contributed by atoms with van der Waals surface area (Å²) in [5.41, 5.74) is 1.62. The van der Waals surface area contributed by atoms with Gasteiger partial charge in [0.2, 0.25) is 5.91 Å². The van der Waals surface area contributed by atoms with Gasteiger partial charge in [0, 0.05) is 29.1 Å². The van der Waals surface area contributed by atoms with E-state index < -0.39 is 17.8 Å². The molecule has 10 heteroatoms. The minimum atomic E-state index is -0.660. The number of anilines is 1. The number of ether oxygens (including phenoxy) is 2. The van der Waals surface area contributed by atoms with Crippen LogP contribution in [0.2, 0.25) is 0 Å². The zero-order valence-electron chi connectivity index (χ0n) is 18.5. The fourth-order valence-electron chi connectivity index (χ4n) is 3.17. The van der Waals surface area contributed by atoms with E-state index in [1.165, 1.54) is 43.2 Å². The van der Waals surface area contributed by atoms with Crippen LogP contribution in [0.1, 0.15) is 33.6 Å². The van der Waals surface area contributed by atoms with E-state index in [1.807, 2.05) is 24.3 Å². The molecule has 9 nitrogen and oxygen atoms in total. The molecule has 1 amide bonds. The van der Waals surface area contributed by atoms with Crippen molar-refractivity contribution >= 4 is 39.5 Å². The van der Waals surface area contributed by atoms with Gasteiger partial charge in [0.1, 0.15) is 0 Å². The van der Waals surface area contributed by atoms with Crippen LogP contribution in [0.5, 0.6) is 0 Å². The molecule has 0 aliphatic rings. The van der Waals surface area contributed by atoms with Gasteiger partial charge in [-0.1, -0.05) is 28.1 Å². The number of amides is 1. The lowest BCUT2D eigenvalue weighted by molar-refractivity contribution is -0.116. The van der Waals surface area contributed by atoms with Gasteiger partial charge in [-0.2, -0.15) is 5.10 Å². The predicted octanol–water partition coefficient (Wildman–Crippen LogP) is 3.66. The third kappa shape index (κ3) is 6.16. The van der Waals surface area contributed by atoms with Crippen LogP contribution in [0.25, 0.3) is 11.3 Å². The third-order valence-corrected chi connectivity index (χ3v) is 5.43. The largest absolute Gasteiger partial charge is 0.465 e. The van der Waals surface area contributed by atoms with Crippen molar-refractivity contribution in [3.8, 4) is 11.3 Å². The Morgan fingerprint density at radius 2 is 1.68 bits per heavy atom. The first kappa shape index (κ1) is 24.8. The molecule has 2 aromatic carbocycles. The summed E-state index contributed by atoms with van der Waals surface area (Å²) in [6.45, 7) is 0.225. The first-order chi connectivity index (χ1) is 16.3. The second-order valence-corrected chi connectivity index (χ2v) is 8.10. The highest BCUT2D eigenvalue weighted by molar-refractivity contribution is 9.10.